The zero-order valence-corrected chi connectivity index (χ0v) is 17.8. The van der Waals surface area contributed by atoms with Crippen molar-refractivity contribution in [1.29, 1.82) is 0 Å². The Morgan fingerprint density at radius 1 is 1.00 bits per heavy atom. The number of carbonyl (C=O) groups excluding carboxylic acids is 2. The molecule has 29 heavy (non-hydrogen) atoms. The number of amides is 2. The first-order valence-electron chi connectivity index (χ1n) is 9.60. The lowest BCUT2D eigenvalue weighted by Crippen LogP contribution is -2.35. The molecule has 2 amide bonds. The van der Waals surface area contributed by atoms with E-state index < -0.39 is 0 Å². The molecule has 2 aromatic carbocycles. The SMILES string of the molecule is CCOc1ccc(NC(=O)CN(C)C(=O)CCc2ccc(Cl)cc2)cc1OCC. The molecule has 7 heteroatoms. The lowest BCUT2D eigenvalue weighted by molar-refractivity contribution is -0.133. The van der Waals surface area contributed by atoms with Gasteiger partial charge in [0.25, 0.3) is 0 Å². The van der Waals surface area contributed by atoms with Crippen LogP contribution >= 0.6 is 11.6 Å². The van der Waals surface area contributed by atoms with Crippen molar-refractivity contribution in [2.24, 2.45) is 0 Å². The minimum absolute atomic E-state index is 0.0311. The quantitative estimate of drug-likeness (QED) is 0.628. The zero-order valence-electron chi connectivity index (χ0n) is 17.0. The molecule has 156 valence electrons. The van der Waals surface area contributed by atoms with Gasteiger partial charge < -0.3 is 19.7 Å². The predicted molar refractivity (Wildman–Crippen MR) is 115 cm³/mol. The highest BCUT2D eigenvalue weighted by molar-refractivity contribution is 6.30. The van der Waals surface area contributed by atoms with Gasteiger partial charge in [-0.2, -0.15) is 0 Å². The maximum Gasteiger partial charge on any atom is 0.243 e. The topological polar surface area (TPSA) is 67.9 Å². The fourth-order valence-corrected chi connectivity index (χ4v) is 2.85. The smallest absolute Gasteiger partial charge is 0.243 e. The van der Waals surface area contributed by atoms with Gasteiger partial charge in [0.2, 0.25) is 11.8 Å². The number of halogens is 1. The van der Waals surface area contributed by atoms with Gasteiger partial charge in [-0.25, -0.2) is 0 Å². The second-order valence-corrected chi connectivity index (χ2v) is 6.89. The average molecular weight is 419 g/mol. The van der Waals surface area contributed by atoms with Gasteiger partial charge >= 0.3 is 0 Å². The number of hydrogen-bond donors (Lipinski definition) is 1. The number of hydrogen-bond acceptors (Lipinski definition) is 4. The molecule has 0 saturated heterocycles. The molecule has 0 aliphatic rings. The monoisotopic (exact) mass is 418 g/mol. The lowest BCUT2D eigenvalue weighted by atomic mass is 10.1. The van der Waals surface area contributed by atoms with Gasteiger partial charge in [0.15, 0.2) is 11.5 Å². The highest BCUT2D eigenvalue weighted by Gasteiger charge is 2.14. The Bertz CT molecular complexity index is 824. The maximum absolute atomic E-state index is 12.3. The van der Waals surface area contributed by atoms with Crippen LogP contribution in [0.2, 0.25) is 5.02 Å². The molecule has 0 saturated carbocycles. The van der Waals surface area contributed by atoms with Gasteiger partial charge in [0, 0.05) is 30.2 Å². The molecule has 2 rings (SSSR count). The number of nitrogens with zero attached hydrogens (tertiary/aromatic N) is 1. The Hall–Kier alpha value is -2.73. The fraction of sp³-hybridized carbons (Fsp3) is 0.364. The largest absolute Gasteiger partial charge is 0.490 e. The Labute approximate surface area is 176 Å². The number of aryl methyl sites for hydroxylation is 1. The number of anilines is 1. The molecule has 0 aliphatic heterocycles. The van der Waals surface area contributed by atoms with Crippen molar-refractivity contribution in [2.75, 3.05) is 32.1 Å². The number of likely N-dealkylation sites (N-methyl/N-ethyl adjacent to an activating group) is 1. The van der Waals surface area contributed by atoms with E-state index in [0.29, 0.717) is 48.3 Å². The molecule has 1 N–H and O–H groups in total. The Kier molecular flexibility index (Phi) is 8.80. The van der Waals surface area contributed by atoms with E-state index in [-0.39, 0.29) is 18.4 Å². The van der Waals surface area contributed by atoms with Crippen molar-refractivity contribution in [3.05, 3.63) is 53.1 Å². The van der Waals surface area contributed by atoms with E-state index in [1.807, 2.05) is 26.0 Å². The van der Waals surface area contributed by atoms with Crippen molar-refractivity contribution in [3.63, 3.8) is 0 Å². The summed E-state index contributed by atoms with van der Waals surface area (Å²) in [6.45, 7) is 4.75. The minimum Gasteiger partial charge on any atom is -0.490 e. The summed E-state index contributed by atoms with van der Waals surface area (Å²) in [4.78, 5) is 26.1. The number of ether oxygens (including phenoxy) is 2. The molecule has 2 aromatic rings. The fourth-order valence-electron chi connectivity index (χ4n) is 2.73. The second kappa shape index (κ2) is 11.3. The molecule has 0 fully saturated rings. The number of benzene rings is 2. The van der Waals surface area contributed by atoms with E-state index in [4.69, 9.17) is 21.1 Å². The maximum atomic E-state index is 12.3. The summed E-state index contributed by atoms with van der Waals surface area (Å²) in [7, 11) is 1.62. The molecular formula is C22H27ClN2O4. The van der Waals surface area contributed by atoms with Crippen molar-refractivity contribution in [1.82, 2.24) is 4.90 Å². The Morgan fingerprint density at radius 3 is 2.31 bits per heavy atom. The van der Waals surface area contributed by atoms with E-state index in [1.165, 1.54) is 4.90 Å². The second-order valence-electron chi connectivity index (χ2n) is 6.45. The summed E-state index contributed by atoms with van der Waals surface area (Å²) in [6.07, 6.45) is 0.918. The summed E-state index contributed by atoms with van der Waals surface area (Å²) < 4.78 is 11.1. The standard InChI is InChI=1S/C22H27ClN2O4/c1-4-28-19-12-11-18(14-20(19)29-5-2)24-21(26)15-25(3)22(27)13-8-16-6-9-17(23)10-7-16/h6-7,9-12,14H,4-5,8,13,15H2,1-3H3,(H,24,26). The van der Waals surface area contributed by atoms with Gasteiger partial charge in [-0.05, 0) is 50.1 Å². The van der Waals surface area contributed by atoms with Crippen LogP contribution in [0.5, 0.6) is 11.5 Å². The van der Waals surface area contributed by atoms with E-state index in [9.17, 15) is 9.59 Å². The third-order valence-electron chi connectivity index (χ3n) is 4.17. The molecule has 0 aliphatic carbocycles. The van der Waals surface area contributed by atoms with Crippen molar-refractivity contribution < 1.29 is 19.1 Å². The van der Waals surface area contributed by atoms with Gasteiger partial charge in [-0.1, -0.05) is 23.7 Å². The van der Waals surface area contributed by atoms with E-state index in [1.54, 1.807) is 37.4 Å². The van der Waals surface area contributed by atoms with Crippen molar-refractivity contribution in [3.8, 4) is 11.5 Å². The van der Waals surface area contributed by atoms with Gasteiger partial charge in [-0.15, -0.1) is 0 Å². The molecule has 0 atom stereocenters. The summed E-state index contributed by atoms with van der Waals surface area (Å²) in [6, 6.07) is 12.6. The highest BCUT2D eigenvalue weighted by atomic mass is 35.5. The summed E-state index contributed by atoms with van der Waals surface area (Å²) in [5.41, 5.74) is 1.61. The number of rotatable bonds is 10. The van der Waals surface area contributed by atoms with Crippen LogP contribution < -0.4 is 14.8 Å². The summed E-state index contributed by atoms with van der Waals surface area (Å²) in [5, 5.41) is 3.46. The molecule has 0 unspecified atom stereocenters. The van der Waals surface area contributed by atoms with Crippen LogP contribution in [0.3, 0.4) is 0 Å². The predicted octanol–water partition coefficient (Wildman–Crippen LogP) is 4.17. The van der Waals surface area contributed by atoms with Gasteiger partial charge in [0.05, 0.1) is 19.8 Å². The first-order valence-corrected chi connectivity index (χ1v) is 9.98. The normalized spacial score (nSPS) is 10.3. The Morgan fingerprint density at radius 2 is 1.66 bits per heavy atom. The van der Waals surface area contributed by atoms with Crippen LogP contribution in [0.1, 0.15) is 25.8 Å². The highest BCUT2D eigenvalue weighted by Crippen LogP contribution is 2.30. The summed E-state index contributed by atoms with van der Waals surface area (Å²) >= 11 is 5.87. The summed E-state index contributed by atoms with van der Waals surface area (Å²) in [5.74, 6) is 0.817. The van der Waals surface area contributed by atoms with Gasteiger partial charge in [-0.3, -0.25) is 9.59 Å². The van der Waals surface area contributed by atoms with Crippen LogP contribution in [0.15, 0.2) is 42.5 Å². The molecule has 0 heterocycles. The average Bonchev–Trinajstić information content (AvgIpc) is 2.69. The number of nitrogens with one attached hydrogen (secondary N) is 1. The van der Waals surface area contributed by atoms with Crippen LogP contribution in [0, 0.1) is 0 Å². The van der Waals surface area contributed by atoms with E-state index in [2.05, 4.69) is 5.32 Å². The molecule has 0 aromatic heterocycles. The lowest BCUT2D eigenvalue weighted by Gasteiger charge is -2.17. The van der Waals surface area contributed by atoms with Gasteiger partial charge in [0.1, 0.15) is 0 Å². The van der Waals surface area contributed by atoms with E-state index >= 15 is 0 Å². The third-order valence-corrected chi connectivity index (χ3v) is 4.43. The van der Waals surface area contributed by atoms with Crippen LogP contribution in [0.4, 0.5) is 5.69 Å². The first-order chi connectivity index (χ1) is 13.9. The zero-order chi connectivity index (χ0) is 21.2. The van der Waals surface area contributed by atoms with Crippen LogP contribution in [-0.2, 0) is 16.0 Å². The third kappa shape index (κ3) is 7.31. The molecule has 0 radical (unpaired) electrons. The minimum atomic E-state index is -0.279. The first kappa shape index (κ1) is 22.6. The molecular weight excluding hydrogens is 392 g/mol. The molecule has 0 spiro atoms. The molecule has 6 nitrogen and oxygen atoms in total. The van der Waals surface area contributed by atoms with Crippen molar-refractivity contribution in [2.45, 2.75) is 26.7 Å². The van der Waals surface area contributed by atoms with Crippen molar-refractivity contribution >= 4 is 29.1 Å². The van der Waals surface area contributed by atoms with Crippen LogP contribution in [0.25, 0.3) is 0 Å². The van der Waals surface area contributed by atoms with E-state index in [0.717, 1.165) is 5.56 Å². The Balaban J connectivity index is 1.87. The van der Waals surface area contributed by atoms with Crippen LogP contribution in [-0.4, -0.2) is 43.5 Å². The number of carbonyl (C=O) groups is 2. The molecule has 0 bridgehead atoms.